The van der Waals surface area contributed by atoms with Crippen molar-refractivity contribution in [3.05, 3.63) is 23.9 Å². The SMILES string of the molecule is CC(C)NCc1ccc(N(C)CC2CC2C)nc1. The average Bonchev–Trinajstić information content (AvgIpc) is 3.03. The summed E-state index contributed by atoms with van der Waals surface area (Å²) in [5.41, 5.74) is 1.25. The molecule has 1 fully saturated rings. The molecule has 1 N–H and O–H groups in total. The molecule has 1 aromatic rings. The first-order valence-corrected chi connectivity index (χ1v) is 6.95. The van der Waals surface area contributed by atoms with Gasteiger partial charge in [-0.2, -0.15) is 0 Å². The molecule has 2 atom stereocenters. The predicted molar refractivity (Wildman–Crippen MR) is 76.8 cm³/mol. The van der Waals surface area contributed by atoms with Gasteiger partial charge in [0, 0.05) is 32.4 Å². The van der Waals surface area contributed by atoms with E-state index in [1.807, 2.05) is 6.20 Å². The third kappa shape index (κ3) is 3.70. The second-order valence-electron chi connectivity index (χ2n) is 5.91. The Hall–Kier alpha value is -1.09. The lowest BCUT2D eigenvalue weighted by atomic mass is 10.2. The van der Waals surface area contributed by atoms with E-state index in [0.29, 0.717) is 6.04 Å². The molecule has 0 spiro atoms. The maximum Gasteiger partial charge on any atom is 0.128 e. The minimum Gasteiger partial charge on any atom is -0.359 e. The Morgan fingerprint density at radius 3 is 2.67 bits per heavy atom. The third-order valence-electron chi connectivity index (χ3n) is 3.70. The number of rotatable bonds is 6. The maximum absolute atomic E-state index is 4.55. The van der Waals surface area contributed by atoms with Crippen LogP contribution in [0, 0.1) is 11.8 Å². The van der Waals surface area contributed by atoms with Gasteiger partial charge < -0.3 is 10.2 Å². The Kier molecular flexibility index (Phi) is 4.23. The van der Waals surface area contributed by atoms with E-state index in [-0.39, 0.29) is 0 Å². The van der Waals surface area contributed by atoms with Gasteiger partial charge in [0.1, 0.15) is 5.82 Å². The molecule has 1 heterocycles. The number of nitrogens with zero attached hydrogens (tertiary/aromatic N) is 2. The summed E-state index contributed by atoms with van der Waals surface area (Å²) in [6, 6.07) is 4.82. The van der Waals surface area contributed by atoms with E-state index < -0.39 is 0 Å². The lowest BCUT2D eigenvalue weighted by Crippen LogP contribution is -2.23. The van der Waals surface area contributed by atoms with Gasteiger partial charge in [0.05, 0.1) is 0 Å². The molecule has 1 saturated carbocycles. The summed E-state index contributed by atoms with van der Waals surface area (Å²) < 4.78 is 0. The van der Waals surface area contributed by atoms with Gasteiger partial charge in [-0.1, -0.05) is 26.8 Å². The van der Waals surface area contributed by atoms with Gasteiger partial charge in [-0.25, -0.2) is 4.98 Å². The molecule has 2 unspecified atom stereocenters. The van der Waals surface area contributed by atoms with E-state index in [2.05, 4.69) is 55.2 Å². The Morgan fingerprint density at radius 2 is 2.17 bits per heavy atom. The monoisotopic (exact) mass is 247 g/mol. The highest BCUT2D eigenvalue weighted by molar-refractivity contribution is 5.38. The van der Waals surface area contributed by atoms with Crippen molar-refractivity contribution in [1.82, 2.24) is 10.3 Å². The number of anilines is 1. The van der Waals surface area contributed by atoms with Crippen LogP contribution in [0.1, 0.15) is 32.8 Å². The van der Waals surface area contributed by atoms with Gasteiger partial charge in [0.15, 0.2) is 0 Å². The molecule has 0 saturated heterocycles. The molecule has 0 amide bonds. The molecular formula is C15H25N3. The van der Waals surface area contributed by atoms with Crippen molar-refractivity contribution in [2.75, 3.05) is 18.5 Å². The summed E-state index contributed by atoms with van der Waals surface area (Å²) in [4.78, 5) is 6.82. The Balaban J connectivity index is 1.86. The lowest BCUT2D eigenvalue weighted by molar-refractivity contribution is 0.588. The highest BCUT2D eigenvalue weighted by atomic mass is 15.2. The highest BCUT2D eigenvalue weighted by Crippen LogP contribution is 2.38. The van der Waals surface area contributed by atoms with E-state index in [4.69, 9.17) is 0 Å². The fourth-order valence-corrected chi connectivity index (χ4v) is 2.17. The molecule has 3 nitrogen and oxygen atoms in total. The largest absolute Gasteiger partial charge is 0.359 e. The van der Waals surface area contributed by atoms with Crippen LogP contribution < -0.4 is 10.2 Å². The second kappa shape index (κ2) is 5.70. The molecule has 2 rings (SSSR count). The molecule has 100 valence electrons. The van der Waals surface area contributed by atoms with Gasteiger partial charge in [-0.05, 0) is 29.9 Å². The molecule has 0 aliphatic heterocycles. The number of hydrogen-bond donors (Lipinski definition) is 1. The number of nitrogens with one attached hydrogen (secondary N) is 1. The van der Waals surface area contributed by atoms with E-state index in [1.165, 1.54) is 12.0 Å². The Labute approximate surface area is 111 Å². The molecule has 0 aromatic carbocycles. The van der Waals surface area contributed by atoms with Crippen molar-refractivity contribution in [1.29, 1.82) is 0 Å². The lowest BCUT2D eigenvalue weighted by Gasteiger charge is -2.18. The topological polar surface area (TPSA) is 28.2 Å². The Bertz CT molecular complexity index is 372. The Morgan fingerprint density at radius 1 is 1.44 bits per heavy atom. The van der Waals surface area contributed by atoms with Crippen LogP contribution in [0.2, 0.25) is 0 Å². The molecule has 0 radical (unpaired) electrons. The van der Waals surface area contributed by atoms with Crippen LogP contribution in [-0.2, 0) is 6.54 Å². The summed E-state index contributed by atoms with van der Waals surface area (Å²) in [5, 5.41) is 3.40. The summed E-state index contributed by atoms with van der Waals surface area (Å²) in [6.45, 7) is 8.68. The quantitative estimate of drug-likeness (QED) is 0.837. The van der Waals surface area contributed by atoms with Gasteiger partial charge >= 0.3 is 0 Å². The van der Waals surface area contributed by atoms with E-state index >= 15 is 0 Å². The van der Waals surface area contributed by atoms with Crippen molar-refractivity contribution in [2.24, 2.45) is 11.8 Å². The summed E-state index contributed by atoms with van der Waals surface area (Å²) in [5.74, 6) is 2.86. The minimum atomic E-state index is 0.517. The average molecular weight is 247 g/mol. The molecule has 1 aliphatic carbocycles. The van der Waals surface area contributed by atoms with Crippen molar-refractivity contribution in [3.8, 4) is 0 Å². The fourth-order valence-electron chi connectivity index (χ4n) is 2.17. The number of hydrogen-bond acceptors (Lipinski definition) is 3. The van der Waals surface area contributed by atoms with Gasteiger partial charge in [0.2, 0.25) is 0 Å². The van der Waals surface area contributed by atoms with Crippen LogP contribution in [0.5, 0.6) is 0 Å². The van der Waals surface area contributed by atoms with E-state index in [0.717, 1.165) is 30.7 Å². The van der Waals surface area contributed by atoms with Crippen LogP contribution in [-0.4, -0.2) is 24.6 Å². The summed E-state index contributed by atoms with van der Waals surface area (Å²) >= 11 is 0. The molecule has 1 aliphatic rings. The standard InChI is InChI=1S/C15H25N3/c1-11(2)16-8-13-5-6-15(17-9-13)18(4)10-14-7-12(14)3/h5-6,9,11-12,14,16H,7-8,10H2,1-4H3. The zero-order valence-electron chi connectivity index (χ0n) is 12.0. The molecule has 0 bridgehead atoms. The minimum absolute atomic E-state index is 0.517. The fraction of sp³-hybridized carbons (Fsp3) is 0.667. The van der Waals surface area contributed by atoms with Crippen molar-refractivity contribution in [3.63, 3.8) is 0 Å². The van der Waals surface area contributed by atoms with Crippen molar-refractivity contribution in [2.45, 2.75) is 39.8 Å². The molecule has 1 aromatic heterocycles. The van der Waals surface area contributed by atoms with E-state index in [1.54, 1.807) is 0 Å². The molecule has 18 heavy (non-hydrogen) atoms. The first-order chi connectivity index (χ1) is 8.56. The van der Waals surface area contributed by atoms with Crippen LogP contribution in [0.3, 0.4) is 0 Å². The first kappa shape index (κ1) is 13.3. The van der Waals surface area contributed by atoms with Crippen LogP contribution in [0.25, 0.3) is 0 Å². The predicted octanol–water partition coefficient (Wildman–Crippen LogP) is 2.67. The van der Waals surface area contributed by atoms with Gasteiger partial charge in [-0.15, -0.1) is 0 Å². The van der Waals surface area contributed by atoms with Crippen LogP contribution in [0.15, 0.2) is 18.3 Å². The zero-order valence-corrected chi connectivity index (χ0v) is 12.0. The summed E-state index contributed by atoms with van der Waals surface area (Å²) in [6.07, 6.45) is 3.36. The van der Waals surface area contributed by atoms with Crippen LogP contribution >= 0.6 is 0 Å². The smallest absolute Gasteiger partial charge is 0.128 e. The van der Waals surface area contributed by atoms with Crippen molar-refractivity contribution >= 4 is 5.82 Å². The van der Waals surface area contributed by atoms with Gasteiger partial charge in [-0.3, -0.25) is 0 Å². The number of pyridine rings is 1. The summed E-state index contributed by atoms with van der Waals surface area (Å²) in [7, 11) is 2.14. The van der Waals surface area contributed by atoms with Crippen molar-refractivity contribution < 1.29 is 0 Å². The third-order valence-corrected chi connectivity index (χ3v) is 3.70. The zero-order chi connectivity index (χ0) is 13.1. The number of aromatic nitrogens is 1. The first-order valence-electron chi connectivity index (χ1n) is 6.95. The van der Waals surface area contributed by atoms with E-state index in [9.17, 15) is 0 Å². The second-order valence-corrected chi connectivity index (χ2v) is 5.91. The van der Waals surface area contributed by atoms with Gasteiger partial charge in [0.25, 0.3) is 0 Å². The molecular weight excluding hydrogens is 222 g/mol. The highest BCUT2D eigenvalue weighted by Gasteiger charge is 2.33. The van der Waals surface area contributed by atoms with Crippen LogP contribution in [0.4, 0.5) is 5.82 Å². The normalized spacial score (nSPS) is 22.3. The maximum atomic E-state index is 4.55. The molecule has 3 heteroatoms.